The Balaban J connectivity index is 3.22. The summed E-state index contributed by atoms with van der Waals surface area (Å²) in [5.41, 5.74) is -2.34. The van der Waals surface area contributed by atoms with Crippen LogP contribution >= 0.6 is 0 Å². The summed E-state index contributed by atoms with van der Waals surface area (Å²) >= 11 is 0. The zero-order chi connectivity index (χ0) is 19.5. The van der Waals surface area contributed by atoms with Crippen molar-refractivity contribution in [3.05, 3.63) is 0 Å². The van der Waals surface area contributed by atoms with Crippen LogP contribution in [0.5, 0.6) is 0 Å². The molecule has 0 aromatic rings. The Morgan fingerprint density at radius 3 is 1.96 bits per heavy atom. The third-order valence-electron chi connectivity index (χ3n) is 5.03. The van der Waals surface area contributed by atoms with Gasteiger partial charge in [-0.3, -0.25) is 19.2 Å². The number of Topliss-reactive ketones (excluding diaryl/α,β-unsaturated/α-hetero) is 4. The highest BCUT2D eigenvalue weighted by Crippen LogP contribution is 2.40. The molecule has 1 saturated carbocycles. The van der Waals surface area contributed by atoms with Crippen molar-refractivity contribution in [2.45, 2.75) is 72.8 Å². The van der Waals surface area contributed by atoms with E-state index in [0.717, 1.165) is 0 Å². The highest BCUT2D eigenvalue weighted by atomic mass is 16.3. The largest absolute Gasteiger partial charge is 0.374 e. The summed E-state index contributed by atoms with van der Waals surface area (Å²) in [6, 6.07) is 0. The van der Waals surface area contributed by atoms with Gasteiger partial charge < -0.3 is 5.11 Å². The average Bonchev–Trinajstić information content (AvgIpc) is 2.69. The molecule has 0 radical (unpaired) electrons. The van der Waals surface area contributed by atoms with E-state index >= 15 is 0 Å². The Bertz CT molecular complexity index is 546. The molecule has 0 aromatic heterocycles. The van der Waals surface area contributed by atoms with E-state index in [9.17, 15) is 24.3 Å². The molecule has 5 heteroatoms. The van der Waals surface area contributed by atoms with Crippen molar-refractivity contribution in [2.24, 2.45) is 29.6 Å². The number of hydrogen-bond acceptors (Lipinski definition) is 5. The predicted molar refractivity (Wildman–Crippen MR) is 94.9 cm³/mol. The van der Waals surface area contributed by atoms with Crippen LogP contribution in [0.2, 0.25) is 0 Å². The van der Waals surface area contributed by atoms with Crippen LogP contribution in [-0.4, -0.2) is 33.8 Å². The van der Waals surface area contributed by atoms with Crippen molar-refractivity contribution in [2.75, 3.05) is 0 Å². The Kier molecular flexibility index (Phi) is 7.24. The molecule has 0 saturated heterocycles. The quantitative estimate of drug-likeness (QED) is 0.645. The first-order valence-electron chi connectivity index (χ1n) is 9.31. The summed E-state index contributed by atoms with van der Waals surface area (Å²) in [5, 5.41) is 11.0. The molecule has 1 rings (SSSR count). The maximum atomic E-state index is 12.8. The lowest BCUT2D eigenvalue weighted by molar-refractivity contribution is -0.155. The van der Waals surface area contributed by atoms with Gasteiger partial charge >= 0.3 is 0 Å². The van der Waals surface area contributed by atoms with Gasteiger partial charge in [-0.2, -0.15) is 0 Å². The lowest BCUT2D eigenvalue weighted by atomic mass is 9.79. The van der Waals surface area contributed by atoms with E-state index in [1.54, 1.807) is 13.8 Å². The van der Waals surface area contributed by atoms with E-state index in [2.05, 4.69) is 0 Å². The highest BCUT2D eigenvalue weighted by Gasteiger charge is 2.64. The van der Waals surface area contributed by atoms with Gasteiger partial charge in [0.05, 0.1) is 5.92 Å². The zero-order valence-electron chi connectivity index (χ0n) is 16.3. The minimum atomic E-state index is -2.34. The smallest absolute Gasteiger partial charge is 0.192 e. The van der Waals surface area contributed by atoms with Gasteiger partial charge in [0, 0.05) is 12.3 Å². The lowest BCUT2D eigenvalue weighted by Crippen LogP contribution is -2.50. The van der Waals surface area contributed by atoms with Gasteiger partial charge in [-0.25, -0.2) is 0 Å². The first-order valence-corrected chi connectivity index (χ1v) is 9.31. The maximum Gasteiger partial charge on any atom is 0.192 e. The van der Waals surface area contributed by atoms with Gasteiger partial charge in [-0.15, -0.1) is 0 Å². The van der Waals surface area contributed by atoms with Crippen molar-refractivity contribution in [1.29, 1.82) is 0 Å². The van der Waals surface area contributed by atoms with Crippen molar-refractivity contribution >= 4 is 23.1 Å². The van der Waals surface area contributed by atoms with E-state index in [0.29, 0.717) is 12.8 Å². The molecule has 0 amide bonds. The Morgan fingerprint density at radius 2 is 1.52 bits per heavy atom. The summed E-state index contributed by atoms with van der Waals surface area (Å²) in [7, 11) is 0. The van der Waals surface area contributed by atoms with Crippen LogP contribution in [0.4, 0.5) is 0 Å². The minimum absolute atomic E-state index is 0.0357. The summed E-state index contributed by atoms with van der Waals surface area (Å²) in [6.07, 6.45) is 1.41. The Morgan fingerprint density at radius 1 is 1.00 bits per heavy atom. The van der Waals surface area contributed by atoms with Crippen LogP contribution in [0.3, 0.4) is 0 Å². The molecule has 1 N–H and O–H groups in total. The van der Waals surface area contributed by atoms with Crippen LogP contribution in [0, 0.1) is 29.6 Å². The molecule has 1 aliphatic carbocycles. The molecule has 1 fully saturated rings. The SMILES string of the molecule is CC(C)CCC(=O)[C@]1(O)C(=O)C(C(=O)C(C)C)C(=O)[C@H]1CCC(C)C. The molecule has 0 spiro atoms. The Hall–Kier alpha value is -1.36. The normalized spacial score (nSPS) is 27.0. The van der Waals surface area contributed by atoms with E-state index in [1.165, 1.54) is 0 Å². The minimum Gasteiger partial charge on any atom is -0.374 e. The molecule has 0 heterocycles. The fourth-order valence-corrected chi connectivity index (χ4v) is 3.32. The molecule has 0 bridgehead atoms. The summed E-state index contributed by atoms with van der Waals surface area (Å²) in [5.74, 6) is -5.20. The summed E-state index contributed by atoms with van der Waals surface area (Å²) < 4.78 is 0. The van der Waals surface area contributed by atoms with Crippen molar-refractivity contribution in [3.8, 4) is 0 Å². The molecule has 0 aliphatic heterocycles. The van der Waals surface area contributed by atoms with Crippen molar-refractivity contribution in [1.82, 2.24) is 0 Å². The monoisotopic (exact) mass is 352 g/mol. The second-order valence-corrected chi connectivity index (χ2v) is 8.40. The van der Waals surface area contributed by atoms with Crippen molar-refractivity contribution < 1.29 is 24.3 Å². The van der Waals surface area contributed by atoms with Gasteiger partial charge in [-0.05, 0) is 24.7 Å². The Labute approximate surface area is 150 Å². The molecule has 142 valence electrons. The fraction of sp³-hybridized carbons (Fsp3) is 0.800. The van der Waals surface area contributed by atoms with Crippen LogP contribution < -0.4 is 0 Å². The van der Waals surface area contributed by atoms with Gasteiger partial charge in [0.25, 0.3) is 0 Å². The molecule has 1 unspecified atom stereocenters. The van der Waals surface area contributed by atoms with Gasteiger partial charge in [-0.1, -0.05) is 48.0 Å². The van der Waals surface area contributed by atoms with Gasteiger partial charge in [0.1, 0.15) is 5.92 Å². The fourth-order valence-electron chi connectivity index (χ4n) is 3.32. The molecule has 1 aliphatic rings. The molecule has 3 atom stereocenters. The lowest BCUT2D eigenvalue weighted by Gasteiger charge is -2.26. The zero-order valence-corrected chi connectivity index (χ0v) is 16.3. The number of hydrogen-bond donors (Lipinski definition) is 1. The highest BCUT2D eigenvalue weighted by molar-refractivity contribution is 6.33. The predicted octanol–water partition coefficient (Wildman–Crippen LogP) is 2.77. The van der Waals surface area contributed by atoms with E-state index in [4.69, 9.17) is 0 Å². The van der Waals surface area contributed by atoms with Gasteiger partial charge in [0.2, 0.25) is 0 Å². The van der Waals surface area contributed by atoms with E-state index < -0.39 is 46.5 Å². The third-order valence-corrected chi connectivity index (χ3v) is 5.03. The molecule has 0 aromatic carbocycles. The van der Waals surface area contributed by atoms with E-state index in [1.807, 2.05) is 27.7 Å². The van der Waals surface area contributed by atoms with Crippen LogP contribution in [0.15, 0.2) is 0 Å². The second-order valence-electron chi connectivity index (χ2n) is 8.40. The number of ketones is 4. The molecular formula is C20H32O5. The van der Waals surface area contributed by atoms with Crippen molar-refractivity contribution in [3.63, 3.8) is 0 Å². The average molecular weight is 352 g/mol. The number of carbonyl (C=O) groups excluding carboxylic acids is 4. The topological polar surface area (TPSA) is 88.5 Å². The van der Waals surface area contributed by atoms with Crippen LogP contribution in [0.1, 0.15) is 67.2 Å². The first kappa shape index (κ1) is 21.7. The summed E-state index contributed by atoms with van der Waals surface area (Å²) in [4.78, 5) is 50.6. The van der Waals surface area contributed by atoms with E-state index in [-0.39, 0.29) is 24.7 Å². The maximum absolute atomic E-state index is 12.8. The second kappa shape index (κ2) is 8.35. The molecule has 25 heavy (non-hydrogen) atoms. The number of aliphatic hydroxyl groups is 1. The first-order chi connectivity index (χ1) is 11.4. The third kappa shape index (κ3) is 4.43. The standard InChI is InChI=1S/C20H32O5/c1-11(2)7-9-14-18(23)16(17(22)13(5)6)19(24)20(14,25)15(21)10-8-12(3)4/h11-14,16,25H,7-10H2,1-6H3/t14-,16?,20+/m1/s1. The summed E-state index contributed by atoms with van der Waals surface area (Å²) in [6.45, 7) is 11.1. The molecule has 5 nitrogen and oxygen atoms in total. The van der Waals surface area contributed by atoms with Crippen LogP contribution in [-0.2, 0) is 19.2 Å². The van der Waals surface area contributed by atoms with Gasteiger partial charge in [0.15, 0.2) is 28.7 Å². The van der Waals surface area contributed by atoms with Crippen LogP contribution in [0.25, 0.3) is 0 Å². The number of carbonyl (C=O) groups is 4. The number of rotatable bonds is 9. The molecular weight excluding hydrogens is 320 g/mol.